The number of phenols is 1. The Morgan fingerprint density at radius 3 is 2.37 bits per heavy atom. The Morgan fingerprint density at radius 1 is 1.05 bits per heavy atom. The minimum absolute atomic E-state index is 0.322. The molecule has 2 aromatic carbocycles. The zero-order chi connectivity index (χ0) is 13.5. The van der Waals surface area contributed by atoms with Crippen LogP contribution in [0.15, 0.2) is 54.6 Å². The Balaban J connectivity index is 0.000000163. The van der Waals surface area contributed by atoms with Crippen molar-refractivity contribution in [3.05, 3.63) is 60.2 Å². The van der Waals surface area contributed by atoms with E-state index in [0.29, 0.717) is 5.75 Å². The van der Waals surface area contributed by atoms with Crippen molar-refractivity contribution in [2.24, 2.45) is 0 Å². The first-order valence-electron chi connectivity index (χ1n) is 6.46. The first-order chi connectivity index (χ1) is 9.29. The maximum atomic E-state index is 8.63. The van der Waals surface area contributed by atoms with E-state index in [1.54, 1.807) is 24.3 Å². The summed E-state index contributed by atoms with van der Waals surface area (Å²) in [6, 6.07) is 16.9. The molecule has 100 valence electrons. The molecule has 0 atom stereocenters. The van der Waals surface area contributed by atoms with Gasteiger partial charge in [-0.25, -0.2) is 0 Å². The van der Waals surface area contributed by atoms with Gasteiger partial charge >= 0.3 is 0 Å². The molecule has 0 unspecified atom stereocenters. The lowest BCUT2D eigenvalue weighted by Gasteiger charge is -2.27. The van der Waals surface area contributed by atoms with Crippen LogP contribution in [-0.2, 0) is 6.54 Å². The number of aromatic hydroxyl groups is 1. The molecule has 0 saturated heterocycles. The summed E-state index contributed by atoms with van der Waals surface area (Å²) >= 11 is 0. The van der Waals surface area contributed by atoms with Gasteiger partial charge in [-0.2, -0.15) is 0 Å². The van der Waals surface area contributed by atoms with Crippen LogP contribution in [0.4, 0.5) is 0 Å². The molecule has 1 N–H and O–H groups in total. The summed E-state index contributed by atoms with van der Waals surface area (Å²) in [7, 11) is 0. The maximum absolute atomic E-state index is 8.63. The Morgan fingerprint density at radius 2 is 1.74 bits per heavy atom. The number of fused-ring (bicyclic) bond motifs is 1. The molecule has 0 bridgehead atoms. The van der Waals surface area contributed by atoms with Crippen molar-refractivity contribution in [3.63, 3.8) is 0 Å². The third-order valence-corrected chi connectivity index (χ3v) is 2.97. The molecule has 1 aliphatic rings. The summed E-state index contributed by atoms with van der Waals surface area (Å²) in [5.74, 6) is 1.37. The zero-order valence-electron chi connectivity index (χ0n) is 11.1. The van der Waals surface area contributed by atoms with E-state index in [1.165, 1.54) is 5.56 Å². The van der Waals surface area contributed by atoms with E-state index in [2.05, 4.69) is 24.0 Å². The lowest BCUT2D eigenvalue weighted by atomic mass is 10.2. The van der Waals surface area contributed by atoms with Gasteiger partial charge in [0.05, 0.1) is 0 Å². The van der Waals surface area contributed by atoms with Crippen molar-refractivity contribution in [1.29, 1.82) is 0 Å². The second-order valence-electron chi connectivity index (χ2n) is 4.36. The van der Waals surface area contributed by atoms with Gasteiger partial charge in [0.2, 0.25) is 0 Å². The number of hydrogen-bond donors (Lipinski definition) is 1. The number of ether oxygens (including phenoxy) is 1. The van der Waals surface area contributed by atoms with Crippen molar-refractivity contribution in [1.82, 2.24) is 4.90 Å². The van der Waals surface area contributed by atoms with Gasteiger partial charge in [0.15, 0.2) is 0 Å². The summed E-state index contributed by atoms with van der Waals surface area (Å²) in [6.45, 7) is 4.95. The molecule has 3 rings (SSSR count). The van der Waals surface area contributed by atoms with Crippen molar-refractivity contribution >= 4 is 0 Å². The summed E-state index contributed by atoms with van der Waals surface area (Å²) in [4.78, 5) is 2.27. The normalized spacial score (nSPS) is 13.7. The number of rotatable bonds is 1. The highest BCUT2D eigenvalue weighted by molar-refractivity contribution is 5.34. The van der Waals surface area contributed by atoms with Crippen LogP contribution in [0.5, 0.6) is 11.5 Å². The first kappa shape index (κ1) is 13.4. The van der Waals surface area contributed by atoms with Crippen LogP contribution in [0.25, 0.3) is 0 Å². The van der Waals surface area contributed by atoms with Crippen LogP contribution >= 0.6 is 0 Å². The van der Waals surface area contributed by atoms with Gasteiger partial charge < -0.3 is 9.84 Å². The number of nitrogens with zero attached hydrogens (tertiary/aromatic N) is 1. The number of para-hydroxylation sites is 2. The Labute approximate surface area is 114 Å². The molecule has 0 saturated carbocycles. The van der Waals surface area contributed by atoms with Gasteiger partial charge in [-0.3, -0.25) is 4.90 Å². The van der Waals surface area contributed by atoms with E-state index in [9.17, 15) is 0 Å². The van der Waals surface area contributed by atoms with Crippen LogP contribution < -0.4 is 4.74 Å². The van der Waals surface area contributed by atoms with Gasteiger partial charge in [0.1, 0.15) is 18.2 Å². The van der Waals surface area contributed by atoms with Crippen LogP contribution in [0.1, 0.15) is 12.5 Å². The average molecular weight is 257 g/mol. The van der Waals surface area contributed by atoms with Crippen LogP contribution in [0.3, 0.4) is 0 Å². The van der Waals surface area contributed by atoms with E-state index in [4.69, 9.17) is 9.84 Å². The predicted molar refractivity (Wildman–Crippen MR) is 76.1 cm³/mol. The van der Waals surface area contributed by atoms with Gasteiger partial charge in [0.25, 0.3) is 0 Å². The summed E-state index contributed by atoms with van der Waals surface area (Å²) < 4.78 is 5.55. The topological polar surface area (TPSA) is 32.7 Å². The number of hydrogen-bond acceptors (Lipinski definition) is 3. The quantitative estimate of drug-likeness (QED) is 0.851. The maximum Gasteiger partial charge on any atom is 0.142 e. The minimum atomic E-state index is 0.322. The van der Waals surface area contributed by atoms with Crippen molar-refractivity contribution in [2.45, 2.75) is 13.5 Å². The molecular formula is C16H19NO2. The lowest BCUT2D eigenvalue weighted by Crippen LogP contribution is -2.31. The highest BCUT2D eigenvalue weighted by atomic mass is 16.5. The molecule has 0 fully saturated rings. The van der Waals surface area contributed by atoms with Crippen LogP contribution in [0.2, 0.25) is 0 Å². The van der Waals surface area contributed by atoms with Crippen molar-refractivity contribution in [3.8, 4) is 11.5 Å². The summed E-state index contributed by atoms with van der Waals surface area (Å²) in [6.07, 6.45) is 0. The highest BCUT2D eigenvalue weighted by Gasteiger charge is 2.13. The first-order valence-corrected chi connectivity index (χ1v) is 6.46. The third kappa shape index (κ3) is 4.00. The standard InChI is InChI=1S/C10H13NO.C6H6O/c1-2-11-7-9-5-3-4-6-10(9)12-8-11;7-6-4-2-1-3-5-6/h3-6H,2,7-8H2,1H3;1-5,7H. The van der Waals surface area contributed by atoms with Gasteiger partial charge in [-0.1, -0.05) is 43.3 Å². The van der Waals surface area contributed by atoms with Gasteiger partial charge in [-0.05, 0) is 24.7 Å². The highest BCUT2D eigenvalue weighted by Crippen LogP contribution is 2.23. The summed E-state index contributed by atoms with van der Waals surface area (Å²) in [5.41, 5.74) is 1.30. The van der Waals surface area contributed by atoms with Crippen LogP contribution in [0, 0.1) is 0 Å². The molecule has 19 heavy (non-hydrogen) atoms. The Hall–Kier alpha value is -2.00. The Bertz CT molecular complexity index is 499. The van der Waals surface area contributed by atoms with E-state index < -0.39 is 0 Å². The molecule has 3 heteroatoms. The fourth-order valence-corrected chi connectivity index (χ4v) is 1.85. The monoisotopic (exact) mass is 257 g/mol. The molecule has 0 aliphatic carbocycles. The Kier molecular flexibility index (Phi) is 4.81. The average Bonchev–Trinajstić information content (AvgIpc) is 2.48. The summed E-state index contributed by atoms with van der Waals surface area (Å²) in [5, 5.41) is 8.63. The fourth-order valence-electron chi connectivity index (χ4n) is 1.85. The van der Waals surface area contributed by atoms with E-state index >= 15 is 0 Å². The van der Waals surface area contributed by atoms with Gasteiger partial charge in [-0.15, -0.1) is 0 Å². The van der Waals surface area contributed by atoms with Gasteiger partial charge in [0, 0.05) is 12.1 Å². The third-order valence-electron chi connectivity index (χ3n) is 2.97. The number of phenolic OH excluding ortho intramolecular Hbond substituents is 1. The molecule has 0 aromatic heterocycles. The molecular weight excluding hydrogens is 238 g/mol. The molecule has 0 amide bonds. The van der Waals surface area contributed by atoms with E-state index in [0.717, 1.165) is 25.6 Å². The van der Waals surface area contributed by atoms with Crippen molar-refractivity contribution in [2.75, 3.05) is 13.3 Å². The molecule has 0 radical (unpaired) electrons. The lowest BCUT2D eigenvalue weighted by molar-refractivity contribution is 0.101. The smallest absolute Gasteiger partial charge is 0.142 e. The van der Waals surface area contributed by atoms with E-state index in [-0.39, 0.29) is 0 Å². The number of benzene rings is 2. The fraction of sp³-hybridized carbons (Fsp3) is 0.250. The van der Waals surface area contributed by atoms with Crippen molar-refractivity contribution < 1.29 is 9.84 Å². The molecule has 1 aliphatic heterocycles. The van der Waals surface area contributed by atoms with E-state index in [1.807, 2.05) is 18.2 Å². The largest absolute Gasteiger partial charge is 0.508 e. The minimum Gasteiger partial charge on any atom is -0.508 e. The second kappa shape index (κ2) is 6.81. The zero-order valence-corrected chi connectivity index (χ0v) is 11.1. The molecule has 2 aromatic rings. The SMILES string of the molecule is CCN1COc2ccccc2C1.Oc1ccccc1. The molecule has 0 spiro atoms. The molecule has 3 nitrogen and oxygen atoms in total. The predicted octanol–water partition coefficient (Wildman–Crippen LogP) is 3.25. The molecule has 1 heterocycles. The van der Waals surface area contributed by atoms with Crippen LogP contribution in [-0.4, -0.2) is 23.3 Å². The second-order valence-corrected chi connectivity index (χ2v) is 4.36.